The van der Waals surface area contributed by atoms with Gasteiger partial charge in [0.05, 0.1) is 0 Å². The molecule has 120 valence electrons. The van der Waals surface area contributed by atoms with E-state index < -0.39 is 12.3 Å². The molecule has 1 atom stereocenters. The Morgan fingerprint density at radius 1 is 1.05 bits per heavy atom. The zero-order chi connectivity index (χ0) is 15.6. The Bertz CT molecular complexity index is 509. The Hall–Kier alpha value is -1.72. The molecular weight excluding hydrogens is 291 g/mol. The van der Waals surface area contributed by atoms with Crippen LogP contribution in [-0.4, -0.2) is 28.8 Å². The highest BCUT2D eigenvalue weighted by molar-refractivity contribution is 5.50. The normalized spacial score (nSPS) is 23.3. The predicted molar refractivity (Wildman–Crippen MR) is 79.0 cm³/mol. The van der Waals surface area contributed by atoms with Crippen LogP contribution < -0.4 is 4.90 Å². The zero-order valence-electron chi connectivity index (χ0n) is 12.3. The fraction of sp³-hybridized carbons (Fsp3) is 0.562. The number of rotatable bonds is 3. The minimum absolute atomic E-state index is 0.362. The lowest BCUT2D eigenvalue weighted by Gasteiger charge is -2.36. The molecule has 0 saturated heterocycles. The van der Waals surface area contributed by atoms with Gasteiger partial charge in [-0.25, -0.2) is 0 Å². The molecule has 1 saturated carbocycles. The number of hydrogen-bond acceptors (Lipinski definition) is 3. The molecule has 6 heteroatoms. The highest BCUT2D eigenvalue weighted by Gasteiger charge is 2.49. The molecule has 2 aliphatic rings. The van der Waals surface area contributed by atoms with Crippen LogP contribution in [0.15, 0.2) is 36.9 Å². The topological polar surface area (TPSA) is 19.4 Å². The van der Waals surface area contributed by atoms with Crippen molar-refractivity contribution in [1.82, 2.24) is 9.88 Å². The first kappa shape index (κ1) is 15.2. The SMILES string of the molecule is FC(F)(F)C1N(CC2CCCCC2)C=CN1c1ccncc1. The molecule has 1 fully saturated rings. The van der Waals surface area contributed by atoms with E-state index in [-0.39, 0.29) is 0 Å². The number of anilines is 1. The van der Waals surface area contributed by atoms with Gasteiger partial charge in [-0.15, -0.1) is 0 Å². The van der Waals surface area contributed by atoms with E-state index in [4.69, 9.17) is 0 Å². The lowest BCUT2D eigenvalue weighted by molar-refractivity contribution is -0.173. The summed E-state index contributed by atoms with van der Waals surface area (Å²) < 4.78 is 40.7. The fourth-order valence-electron chi connectivity index (χ4n) is 3.40. The second-order valence-electron chi connectivity index (χ2n) is 6.03. The van der Waals surface area contributed by atoms with Gasteiger partial charge in [0, 0.05) is 37.0 Å². The van der Waals surface area contributed by atoms with Crippen LogP contribution in [-0.2, 0) is 0 Å². The van der Waals surface area contributed by atoms with E-state index in [0.29, 0.717) is 18.2 Å². The van der Waals surface area contributed by atoms with Crippen LogP contribution in [0.4, 0.5) is 18.9 Å². The molecule has 3 nitrogen and oxygen atoms in total. The average molecular weight is 311 g/mol. The highest BCUT2D eigenvalue weighted by atomic mass is 19.4. The number of aromatic nitrogens is 1. The zero-order valence-corrected chi connectivity index (χ0v) is 12.3. The first-order valence-corrected chi connectivity index (χ1v) is 7.75. The van der Waals surface area contributed by atoms with Crippen molar-refractivity contribution in [2.45, 2.75) is 44.4 Å². The Morgan fingerprint density at radius 2 is 1.73 bits per heavy atom. The molecular formula is C16H20F3N3. The molecule has 1 aromatic rings. The monoisotopic (exact) mass is 311 g/mol. The molecule has 1 unspecified atom stereocenters. The molecule has 22 heavy (non-hydrogen) atoms. The second-order valence-corrected chi connectivity index (χ2v) is 6.03. The Kier molecular flexibility index (Phi) is 4.27. The Balaban J connectivity index is 1.78. The van der Waals surface area contributed by atoms with Gasteiger partial charge in [-0.1, -0.05) is 19.3 Å². The first-order chi connectivity index (χ1) is 10.6. The Labute approximate surface area is 128 Å². The number of alkyl halides is 3. The van der Waals surface area contributed by atoms with Gasteiger partial charge < -0.3 is 9.80 Å². The van der Waals surface area contributed by atoms with Crippen molar-refractivity contribution in [1.29, 1.82) is 0 Å². The summed E-state index contributed by atoms with van der Waals surface area (Å²) in [6.45, 7) is 0.474. The molecule has 0 aromatic carbocycles. The summed E-state index contributed by atoms with van der Waals surface area (Å²) in [5.41, 5.74) is 0.514. The number of hydrogen-bond donors (Lipinski definition) is 0. The van der Waals surface area contributed by atoms with Gasteiger partial charge in [0.25, 0.3) is 0 Å². The van der Waals surface area contributed by atoms with Crippen LogP contribution in [0.1, 0.15) is 32.1 Å². The van der Waals surface area contributed by atoms with Gasteiger partial charge in [-0.2, -0.15) is 13.2 Å². The smallest absolute Gasteiger partial charge is 0.348 e. The molecule has 1 aliphatic carbocycles. The summed E-state index contributed by atoms with van der Waals surface area (Å²) in [6.07, 6.45) is 5.75. The van der Waals surface area contributed by atoms with E-state index in [2.05, 4.69) is 4.98 Å². The van der Waals surface area contributed by atoms with Crippen molar-refractivity contribution in [3.05, 3.63) is 36.9 Å². The van der Waals surface area contributed by atoms with Gasteiger partial charge in [0.2, 0.25) is 6.17 Å². The molecule has 0 bridgehead atoms. The van der Waals surface area contributed by atoms with Crippen molar-refractivity contribution in [3.63, 3.8) is 0 Å². The van der Waals surface area contributed by atoms with Crippen LogP contribution in [0.25, 0.3) is 0 Å². The van der Waals surface area contributed by atoms with Gasteiger partial charge in [0.1, 0.15) is 0 Å². The molecule has 0 radical (unpaired) electrons. The van der Waals surface area contributed by atoms with Gasteiger partial charge in [-0.3, -0.25) is 4.98 Å². The average Bonchev–Trinajstić information content (AvgIpc) is 2.93. The fourth-order valence-corrected chi connectivity index (χ4v) is 3.40. The predicted octanol–water partition coefficient (Wildman–Crippen LogP) is 4.14. The molecule has 0 N–H and O–H groups in total. The van der Waals surface area contributed by atoms with E-state index in [1.165, 1.54) is 34.8 Å². The summed E-state index contributed by atoms with van der Waals surface area (Å²) in [5.74, 6) is 0.362. The van der Waals surface area contributed by atoms with Crippen molar-refractivity contribution in [2.24, 2.45) is 5.92 Å². The highest BCUT2D eigenvalue weighted by Crippen LogP contribution is 2.36. The van der Waals surface area contributed by atoms with Gasteiger partial charge in [-0.05, 0) is 30.9 Å². The van der Waals surface area contributed by atoms with E-state index in [9.17, 15) is 13.2 Å². The van der Waals surface area contributed by atoms with E-state index in [0.717, 1.165) is 25.7 Å². The quantitative estimate of drug-likeness (QED) is 0.836. The minimum Gasteiger partial charge on any atom is -0.348 e. The number of halogens is 3. The third-order valence-electron chi connectivity index (χ3n) is 4.44. The van der Waals surface area contributed by atoms with Crippen molar-refractivity contribution < 1.29 is 13.2 Å². The summed E-state index contributed by atoms with van der Waals surface area (Å²) in [7, 11) is 0. The maximum Gasteiger partial charge on any atom is 0.427 e. The van der Waals surface area contributed by atoms with Crippen LogP contribution in [0, 0.1) is 5.92 Å². The van der Waals surface area contributed by atoms with Gasteiger partial charge >= 0.3 is 6.18 Å². The molecule has 1 aromatic heterocycles. The second kappa shape index (κ2) is 6.18. The summed E-state index contributed by atoms with van der Waals surface area (Å²) in [6, 6.07) is 3.21. The summed E-state index contributed by atoms with van der Waals surface area (Å²) in [5, 5.41) is 0. The molecule has 2 heterocycles. The maximum absolute atomic E-state index is 13.6. The largest absolute Gasteiger partial charge is 0.427 e. The molecule has 1 aliphatic heterocycles. The van der Waals surface area contributed by atoms with E-state index >= 15 is 0 Å². The molecule has 3 rings (SSSR count). The van der Waals surface area contributed by atoms with E-state index in [1.54, 1.807) is 18.3 Å². The van der Waals surface area contributed by atoms with Crippen LogP contribution in [0.3, 0.4) is 0 Å². The lowest BCUT2D eigenvalue weighted by Crippen LogP contribution is -2.51. The number of pyridine rings is 1. The van der Waals surface area contributed by atoms with Crippen molar-refractivity contribution in [2.75, 3.05) is 11.4 Å². The minimum atomic E-state index is -4.30. The lowest BCUT2D eigenvalue weighted by atomic mass is 9.89. The van der Waals surface area contributed by atoms with Crippen molar-refractivity contribution >= 4 is 5.69 Å². The first-order valence-electron chi connectivity index (χ1n) is 7.75. The standard InChI is InChI=1S/C16H20F3N3/c17-16(18,19)15-21(12-13-4-2-1-3-5-13)10-11-22(15)14-6-8-20-9-7-14/h6-11,13,15H,1-5,12H2. The van der Waals surface area contributed by atoms with Crippen LogP contribution >= 0.6 is 0 Å². The van der Waals surface area contributed by atoms with E-state index in [1.807, 2.05) is 0 Å². The van der Waals surface area contributed by atoms with Crippen molar-refractivity contribution in [3.8, 4) is 0 Å². The van der Waals surface area contributed by atoms with Gasteiger partial charge in [0.15, 0.2) is 0 Å². The summed E-state index contributed by atoms with van der Waals surface area (Å²) in [4.78, 5) is 6.59. The number of nitrogens with zero attached hydrogens (tertiary/aromatic N) is 3. The third kappa shape index (κ3) is 3.20. The molecule has 0 amide bonds. The van der Waals surface area contributed by atoms with Crippen LogP contribution in [0.5, 0.6) is 0 Å². The maximum atomic E-state index is 13.6. The Morgan fingerprint density at radius 3 is 2.36 bits per heavy atom. The summed E-state index contributed by atoms with van der Waals surface area (Å²) >= 11 is 0. The van der Waals surface area contributed by atoms with Crippen LogP contribution in [0.2, 0.25) is 0 Å². The molecule has 0 spiro atoms. The third-order valence-corrected chi connectivity index (χ3v) is 4.44.